The Kier molecular flexibility index (Phi) is 3.51. The van der Waals surface area contributed by atoms with Gasteiger partial charge in [0, 0.05) is 10.0 Å². The molecule has 0 aliphatic rings. The van der Waals surface area contributed by atoms with Gasteiger partial charge in [0.2, 0.25) is 5.82 Å². The van der Waals surface area contributed by atoms with Gasteiger partial charge in [-0.25, -0.2) is 0 Å². The van der Waals surface area contributed by atoms with Crippen LogP contribution in [-0.2, 0) is 0 Å². The van der Waals surface area contributed by atoms with Crippen molar-refractivity contribution in [3.05, 3.63) is 52.0 Å². The van der Waals surface area contributed by atoms with E-state index >= 15 is 0 Å². The molecule has 0 amide bonds. The number of nitrogens with zero attached hydrogens (tertiary/aromatic N) is 2. The summed E-state index contributed by atoms with van der Waals surface area (Å²) in [5.41, 5.74) is 3.64. The van der Waals surface area contributed by atoms with E-state index in [4.69, 9.17) is 4.52 Å². The van der Waals surface area contributed by atoms with Gasteiger partial charge in [-0.05, 0) is 49.2 Å². The van der Waals surface area contributed by atoms with E-state index in [0.29, 0.717) is 17.3 Å². The van der Waals surface area contributed by atoms with Crippen molar-refractivity contribution in [2.75, 3.05) is 0 Å². The molecule has 1 N–H and O–H groups in total. The van der Waals surface area contributed by atoms with E-state index in [-0.39, 0.29) is 5.75 Å². The van der Waals surface area contributed by atoms with Crippen LogP contribution >= 0.6 is 15.9 Å². The Hall–Kier alpha value is -2.14. The summed E-state index contributed by atoms with van der Waals surface area (Å²) in [6.07, 6.45) is 0. The number of para-hydroxylation sites is 1. The molecule has 3 aromatic rings. The average molecular weight is 345 g/mol. The Morgan fingerprint density at radius 1 is 1.10 bits per heavy atom. The van der Waals surface area contributed by atoms with Gasteiger partial charge >= 0.3 is 0 Å². The fraction of sp³-hybridized carbons (Fsp3) is 0.125. The van der Waals surface area contributed by atoms with Crippen LogP contribution in [0.2, 0.25) is 0 Å². The van der Waals surface area contributed by atoms with Gasteiger partial charge in [-0.15, -0.1) is 0 Å². The normalized spacial score (nSPS) is 10.8. The fourth-order valence-corrected chi connectivity index (χ4v) is 2.41. The predicted octanol–water partition coefficient (Wildman–Crippen LogP) is 4.49. The third-order valence-electron chi connectivity index (χ3n) is 3.26. The highest BCUT2D eigenvalue weighted by Crippen LogP contribution is 2.31. The Labute approximate surface area is 130 Å². The second kappa shape index (κ2) is 5.33. The first kappa shape index (κ1) is 13.8. The zero-order valence-electron chi connectivity index (χ0n) is 11.6. The van der Waals surface area contributed by atoms with Crippen molar-refractivity contribution in [1.82, 2.24) is 10.1 Å². The quantitative estimate of drug-likeness (QED) is 0.744. The maximum atomic E-state index is 9.83. The molecule has 1 aromatic heterocycles. The summed E-state index contributed by atoms with van der Waals surface area (Å²) in [4.78, 5) is 4.37. The molecule has 106 valence electrons. The number of aryl methyl sites for hydroxylation is 2. The van der Waals surface area contributed by atoms with Gasteiger partial charge in [0.15, 0.2) is 0 Å². The summed E-state index contributed by atoms with van der Waals surface area (Å²) < 4.78 is 6.34. The van der Waals surface area contributed by atoms with Crippen molar-refractivity contribution >= 4 is 15.9 Å². The first-order valence-electron chi connectivity index (χ1n) is 6.45. The zero-order chi connectivity index (χ0) is 15.0. The highest BCUT2D eigenvalue weighted by atomic mass is 79.9. The Morgan fingerprint density at radius 3 is 2.43 bits per heavy atom. The van der Waals surface area contributed by atoms with Gasteiger partial charge in [0.1, 0.15) is 5.75 Å². The van der Waals surface area contributed by atoms with E-state index in [1.807, 2.05) is 32.0 Å². The number of aromatic nitrogens is 2. The number of rotatable bonds is 2. The lowest BCUT2D eigenvalue weighted by Crippen LogP contribution is -1.87. The molecular weight excluding hydrogens is 332 g/mol. The summed E-state index contributed by atoms with van der Waals surface area (Å²) in [7, 11) is 0. The Bertz CT molecular complexity index is 789. The molecule has 0 fully saturated rings. The first-order chi connectivity index (χ1) is 10.1. The largest absolute Gasteiger partial charge is 0.507 e. The molecule has 0 atom stereocenters. The Morgan fingerprint density at radius 2 is 1.76 bits per heavy atom. The second-order valence-electron chi connectivity index (χ2n) is 4.86. The maximum absolute atomic E-state index is 9.83. The summed E-state index contributed by atoms with van der Waals surface area (Å²) in [6.45, 7) is 4.04. The SMILES string of the molecule is Cc1cc(-c2noc(-c3ccccc3O)n2)cc(C)c1Br. The molecule has 0 unspecified atom stereocenters. The molecule has 0 aliphatic heterocycles. The van der Waals surface area contributed by atoms with E-state index < -0.39 is 0 Å². The summed E-state index contributed by atoms with van der Waals surface area (Å²) in [5, 5.41) is 13.8. The van der Waals surface area contributed by atoms with Gasteiger partial charge in [-0.3, -0.25) is 0 Å². The Balaban J connectivity index is 2.05. The third kappa shape index (κ3) is 2.56. The van der Waals surface area contributed by atoms with Crippen LogP contribution in [0.5, 0.6) is 5.75 Å². The topological polar surface area (TPSA) is 59.2 Å². The van der Waals surface area contributed by atoms with Crippen molar-refractivity contribution in [3.8, 4) is 28.6 Å². The van der Waals surface area contributed by atoms with Crippen molar-refractivity contribution < 1.29 is 9.63 Å². The molecule has 3 rings (SSSR count). The molecule has 0 saturated carbocycles. The number of aromatic hydroxyl groups is 1. The minimum Gasteiger partial charge on any atom is -0.507 e. The maximum Gasteiger partial charge on any atom is 0.261 e. The summed E-state index contributed by atoms with van der Waals surface area (Å²) in [5.74, 6) is 0.934. The van der Waals surface area contributed by atoms with E-state index in [9.17, 15) is 5.11 Å². The van der Waals surface area contributed by atoms with E-state index in [1.165, 1.54) is 0 Å². The molecule has 0 bridgehead atoms. The lowest BCUT2D eigenvalue weighted by molar-refractivity contribution is 0.426. The molecule has 0 radical (unpaired) electrons. The number of hydrogen-bond donors (Lipinski definition) is 1. The summed E-state index contributed by atoms with van der Waals surface area (Å²) in [6, 6.07) is 10.9. The van der Waals surface area contributed by atoms with Crippen LogP contribution in [0.15, 0.2) is 45.4 Å². The number of phenols is 1. The van der Waals surface area contributed by atoms with Gasteiger partial charge in [0.25, 0.3) is 5.89 Å². The fourth-order valence-electron chi connectivity index (χ4n) is 2.18. The first-order valence-corrected chi connectivity index (χ1v) is 7.25. The van der Waals surface area contributed by atoms with Crippen molar-refractivity contribution in [2.45, 2.75) is 13.8 Å². The summed E-state index contributed by atoms with van der Waals surface area (Å²) >= 11 is 3.54. The molecule has 0 saturated heterocycles. The number of benzene rings is 2. The van der Waals surface area contributed by atoms with Gasteiger partial charge in [0.05, 0.1) is 5.56 Å². The molecule has 0 aliphatic carbocycles. The van der Waals surface area contributed by atoms with Crippen LogP contribution in [0.3, 0.4) is 0 Å². The molecular formula is C16H13BrN2O2. The third-order valence-corrected chi connectivity index (χ3v) is 4.51. The number of hydrogen-bond acceptors (Lipinski definition) is 4. The minimum atomic E-state index is 0.121. The van der Waals surface area contributed by atoms with Crippen LogP contribution in [0.1, 0.15) is 11.1 Å². The molecule has 4 nitrogen and oxygen atoms in total. The number of halogens is 1. The lowest BCUT2D eigenvalue weighted by atomic mass is 10.1. The number of phenolic OH excluding ortho intramolecular Hbond substituents is 1. The van der Waals surface area contributed by atoms with Crippen LogP contribution in [0.4, 0.5) is 0 Å². The van der Waals surface area contributed by atoms with Crippen LogP contribution in [-0.4, -0.2) is 15.2 Å². The average Bonchev–Trinajstić information content (AvgIpc) is 2.94. The van der Waals surface area contributed by atoms with Crippen molar-refractivity contribution in [2.24, 2.45) is 0 Å². The standard InChI is InChI=1S/C16H13BrN2O2/c1-9-7-11(8-10(2)14(9)17)15-18-16(21-19-15)12-5-3-4-6-13(12)20/h3-8,20H,1-2H3. The van der Waals surface area contributed by atoms with Crippen LogP contribution in [0, 0.1) is 13.8 Å². The van der Waals surface area contributed by atoms with Gasteiger partial charge < -0.3 is 9.63 Å². The van der Waals surface area contributed by atoms with Gasteiger partial charge in [-0.2, -0.15) is 4.98 Å². The van der Waals surface area contributed by atoms with Gasteiger partial charge in [-0.1, -0.05) is 33.2 Å². The van der Waals surface area contributed by atoms with E-state index in [1.54, 1.807) is 18.2 Å². The lowest BCUT2D eigenvalue weighted by Gasteiger charge is -2.04. The minimum absolute atomic E-state index is 0.121. The highest BCUT2D eigenvalue weighted by Gasteiger charge is 2.14. The van der Waals surface area contributed by atoms with Crippen molar-refractivity contribution in [1.29, 1.82) is 0 Å². The highest BCUT2D eigenvalue weighted by molar-refractivity contribution is 9.10. The predicted molar refractivity (Wildman–Crippen MR) is 84.0 cm³/mol. The van der Waals surface area contributed by atoms with Crippen LogP contribution in [0.25, 0.3) is 22.8 Å². The molecule has 21 heavy (non-hydrogen) atoms. The molecule has 0 spiro atoms. The van der Waals surface area contributed by atoms with Crippen molar-refractivity contribution in [3.63, 3.8) is 0 Å². The molecule has 2 aromatic carbocycles. The molecule has 1 heterocycles. The zero-order valence-corrected chi connectivity index (χ0v) is 13.2. The van der Waals surface area contributed by atoms with Crippen LogP contribution < -0.4 is 0 Å². The smallest absolute Gasteiger partial charge is 0.261 e. The monoisotopic (exact) mass is 344 g/mol. The molecule has 5 heteroatoms. The second-order valence-corrected chi connectivity index (χ2v) is 5.66. The van der Waals surface area contributed by atoms with E-state index in [2.05, 4.69) is 26.1 Å². The van der Waals surface area contributed by atoms with E-state index in [0.717, 1.165) is 21.2 Å².